The zero-order chi connectivity index (χ0) is 12.4. The lowest BCUT2D eigenvalue weighted by Gasteiger charge is -2.37. The predicted molar refractivity (Wildman–Crippen MR) is 76.6 cm³/mol. The quantitative estimate of drug-likeness (QED) is 0.857. The Labute approximate surface area is 121 Å². The number of nitrogens with zero attached hydrogens (tertiary/aromatic N) is 1. The van der Waals surface area contributed by atoms with Gasteiger partial charge in [0, 0.05) is 26.2 Å². The van der Waals surface area contributed by atoms with Crippen molar-refractivity contribution in [2.24, 2.45) is 5.92 Å². The van der Waals surface area contributed by atoms with Gasteiger partial charge in [-0.1, -0.05) is 12.8 Å². The van der Waals surface area contributed by atoms with E-state index in [1.165, 1.54) is 25.7 Å². The summed E-state index contributed by atoms with van der Waals surface area (Å²) in [5.74, 6) is 0.602. The minimum absolute atomic E-state index is 0. The number of nitrogens with one attached hydrogen (secondary N) is 1. The smallest absolute Gasteiger partial charge is 0.228 e. The van der Waals surface area contributed by atoms with Crippen molar-refractivity contribution in [3.8, 4) is 0 Å². The second kappa shape index (κ2) is 6.91. The van der Waals surface area contributed by atoms with Crippen molar-refractivity contribution in [2.75, 3.05) is 26.2 Å². The minimum Gasteiger partial charge on any atom is -0.375 e. The molecule has 1 amide bonds. The zero-order valence-corrected chi connectivity index (χ0v) is 12.3. The van der Waals surface area contributed by atoms with Crippen LogP contribution in [-0.4, -0.2) is 49.2 Å². The maximum atomic E-state index is 12.1. The number of ether oxygens (including phenoxy) is 1. The van der Waals surface area contributed by atoms with Crippen molar-refractivity contribution in [1.29, 1.82) is 0 Å². The van der Waals surface area contributed by atoms with Crippen LogP contribution in [-0.2, 0) is 9.53 Å². The fourth-order valence-electron chi connectivity index (χ4n) is 3.23. The first kappa shape index (κ1) is 15.1. The van der Waals surface area contributed by atoms with Crippen LogP contribution in [0.1, 0.15) is 38.5 Å². The number of halogens is 1. The van der Waals surface area contributed by atoms with Gasteiger partial charge in [0.25, 0.3) is 0 Å². The molecule has 19 heavy (non-hydrogen) atoms. The molecule has 0 unspecified atom stereocenters. The molecule has 0 spiro atoms. The van der Waals surface area contributed by atoms with Crippen LogP contribution in [0, 0.1) is 5.92 Å². The molecule has 2 saturated heterocycles. The summed E-state index contributed by atoms with van der Waals surface area (Å²) in [6.07, 6.45) is 8.11. The molecule has 1 aliphatic carbocycles. The van der Waals surface area contributed by atoms with E-state index >= 15 is 0 Å². The number of hydrogen-bond donors (Lipinski definition) is 1. The molecule has 0 bridgehead atoms. The molecule has 4 nitrogen and oxygen atoms in total. The number of likely N-dealkylation sites (tertiary alicyclic amines) is 1. The van der Waals surface area contributed by atoms with Gasteiger partial charge in [0.15, 0.2) is 0 Å². The van der Waals surface area contributed by atoms with Crippen molar-refractivity contribution in [2.45, 2.75) is 50.7 Å². The zero-order valence-electron chi connectivity index (χ0n) is 11.5. The van der Waals surface area contributed by atoms with Crippen molar-refractivity contribution in [3.63, 3.8) is 0 Å². The summed E-state index contributed by atoms with van der Waals surface area (Å²) in [5.41, 5.74) is 0. The van der Waals surface area contributed by atoms with Gasteiger partial charge in [-0.3, -0.25) is 4.79 Å². The summed E-state index contributed by atoms with van der Waals surface area (Å²) in [6, 6.07) is 0. The van der Waals surface area contributed by atoms with Gasteiger partial charge >= 0.3 is 0 Å². The Kier molecular flexibility index (Phi) is 5.48. The molecule has 2 aliphatic heterocycles. The van der Waals surface area contributed by atoms with Crippen LogP contribution >= 0.6 is 12.4 Å². The van der Waals surface area contributed by atoms with Gasteiger partial charge in [-0.2, -0.15) is 0 Å². The highest BCUT2D eigenvalue weighted by Gasteiger charge is 2.32. The summed E-state index contributed by atoms with van der Waals surface area (Å²) in [5, 5.41) is 3.17. The monoisotopic (exact) mass is 288 g/mol. The summed E-state index contributed by atoms with van der Waals surface area (Å²) < 4.78 is 6.13. The molecule has 110 valence electrons. The minimum atomic E-state index is 0. The number of rotatable bonds is 3. The molecular weight excluding hydrogens is 264 g/mol. The van der Waals surface area contributed by atoms with Crippen LogP contribution in [0.2, 0.25) is 0 Å². The highest BCUT2D eigenvalue weighted by molar-refractivity contribution is 5.85. The number of amides is 1. The Balaban J connectivity index is 0.00000133. The number of carbonyl (C=O) groups is 1. The highest BCUT2D eigenvalue weighted by Crippen LogP contribution is 2.25. The largest absolute Gasteiger partial charge is 0.375 e. The fourth-order valence-corrected chi connectivity index (χ4v) is 3.23. The summed E-state index contributed by atoms with van der Waals surface area (Å²) in [7, 11) is 0. The van der Waals surface area contributed by atoms with E-state index in [0.717, 1.165) is 39.0 Å². The molecule has 3 fully saturated rings. The Morgan fingerprint density at radius 2 is 1.58 bits per heavy atom. The molecule has 0 aromatic heterocycles. The molecule has 3 aliphatic rings. The third-order valence-corrected chi connectivity index (χ3v) is 4.57. The number of piperidine rings is 1. The molecule has 1 N–H and O–H groups in total. The Morgan fingerprint density at radius 1 is 1.00 bits per heavy atom. The first-order valence-electron chi connectivity index (χ1n) is 7.48. The van der Waals surface area contributed by atoms with Gasteiger partial charge in [0.1, 0.15) is 0 Å². The first-order chi connectivity index (χ1) is 8.83. The lowest BCUT2D eigenvalue weighted by Crippen LogP contribution is -2.54. The van der Waals surface area contributed by atoms with Crippen LogP contribution in [0.5, 0.6) is 0 Å². The molecule has 1 saturated carbocycles. The second-order valence-corrected chi connectivity index (χ2v) is 5.92. The van der Waals surface area contributed by atoms with Crippen LogP contribution in [0.25, 0.3) is 0 Å². The Hall–Kier alpha value is -0.320. The molecule has 0 radical (unpaired) electrons. The molecule has 5 heteroatoms. The van der Waals surface area contributed by atoms with Gasteiger partial charge in [-0.25, -0.2) is 0 Å². The molecule has 2 heterocycles. The molecule has 0 aromatic rings. The van der Waals surface area contributed by atoms with Crippen LogP contribution in [0.3, 0.4) is 0 Å². The first-order valence-corrected chi connectivity index (χ1v) is 7.48. The van der Waals surface area contributed by atoms with E-state index < -0.39 is 0 Å². The maximum Gasteiger partial charge on any atom is 0.228 e. The standard InChI is InChI=1S/C14H24N2O2.ClH/c17-14(11-9-15-10-11)16-7-5-13(6-8-16)18-12-3-1-2-4-12;/h11-13,15H,1-10H2;1H. The average Bonchev–Trinajstić information content (AvgIpc) is 2.80. The normalized spacial score (nSPS) is 26.0. The summed E-state index contributed by atoms with van der Waals surface area (Å²) >= 11 is 0. The van der Waals surface area contributed by atoms with Crippen molar-refractivity contribution >= 4 is 18.3 Å². The number of hydrogen-bond acceptors (Lipinski definition) is 3. The summed E-state index contributed by atoms with van der Waals surface area (Å²) in [6.45, 7) is 3.54. The van der Waals surface area contributed by atoms with Gasteiger partial charge in [0.05, 0.1) is 18.1 Å². The topological polar surface area (TPSA) is 41.6 Å². The SMILES string of the molecule is Cl.O=C(C1CNC1)N1CCC(OC2CCCC2)CC1. The van der Waals surface area contributed by atoms with Gasteiger partial charge in [-0.05, 0) is 25.7 Å². The summed E-state index contributed by atoms with van der Waals surface area (Å²) in [4.78, 5) is 14.1. The van der Waals surface area contributed by atoms with Crippen molar-refractivity contribution in [1.82, 2.24) is 10.2 Å². The fraction of sp³-hybridized carbons (Fsp3) is 0.929. The van der Waals surface area contributed by atoms with Crippen LogP contribution in [0.4, 0.5) is 0 Å². The molecule has 0 atom stereocenters. The van der Waals surface area contributed by atoms with E-state index in [1.807, 2.05) is 4.90 Å². The van der Waals surface area contributed by atoms with Gasteiger partial charge < -0.3 is 15.0 Å². The lowest BCUT2D eigenvalue weighted by molar-refractivity contribution is -0.140. The predicted octanol–water partition coefficient (Wildman–Crippen LogP) is 1.58. The van der Waals surface area contributed by atoms with Crippen molar-refractivity contribution < 1.29 is 9.53 Å². The average molecular weight is 289 g/mol. The van der Waals surface area contributed by atoms with E-state index in [1.54, 1.807) is 0 Å². The van der Waals surface area contributed by atoms with Gasteiger partial charge in [0.2, 0.25) is 5.91 Å². The third kappa shape index (κ3) is 3.61. The van der Waals surface area contributed by atoms with E-state index in [0.29, 0.717) is 18.1 Å². The highest BCUT2D eigenvalue weighted by atomic mass is 35.5. The van der Waals surface area contributed by atoms with E-state index in [4.69, 9.17) is 4.74 Å². The van der Waals surface area contributed by atoms with E-state index in [2.05, 4.69) is 5.32 Å². The third-order valence-electron chi connectivity index (χ3n) is 4.57. The Morgan fingerprint density at radius 3 is 2.11 bits per heavy atom. The van der Waals surface area contributed by atoms with E-state index in [-0.39, 0.29) is 18.3 Å². The Bertz CT molecular complexity index is 296. The van der Waals surface area contributed by atoms with Crippen LogP contribution in [0.15, 0.2) is 0 Å². The molecule has 0 aromatic carbocycles. The van der Waals surface area contributed by atoms with Crippen molar-refractivity contribution in [3.05, 3.63) is 0 Å². The van der Waals surface area contributed by atoms with Crippen LogP contribution < -0.4 is 5.32 Å². The maximum absolute atomic E-state index is 12.1. The van der Waals surface area contributed by atoms with E-state index in [9.17, 15) is 4.79 Å². The number of carbonyl (C=O) groups excluding carboxylic acids is 1. The lowest BCUT2D eigenvalue weighted by atomic mass is 9.99. The second-order valence-electron chi connectivity index (χ2n) is 5.92. The van der Waals surface area contributed by atoms with Gasteiger partial charge in [-0.15, -0.1) is 12.4 Å². The molecular formula is C14H25ClN2O2. The molecule has 3 rings (SSSR count).